The van der Waals surface area contributed by atoms with Crippen molar-refractivity contribution in [3.05, 3.63) is 107 Å². The molecule has 0 fully saturated rings. The van der Waals surface area contributed by atoms with E-state index in [0.29, 0.717) is 5.56 Å². The summed E-state index contributed by atoms with van der Waals surface area (Å²) in [5, 5.41) is 0.794. The molecule has 0 saturated heterocycles. The topological polar surface area (TPSA) is 34.1 Å². The minimum atomic E-state index is -0.383. The molecule has 0 heterocycles. The van der Waals surface area contributed by atoms with E-state index < -0.39 is 0 Å². The maximum absolute atomic E-state index is 12.4. The molecule has 0 radical (unpaired) electrons. The standard InChI is InChI=1S/C16H14O2.C6H5Cl/c17-12-11-15(13-7-3-1-4-8-13)16(18)14-9-5-2-6-10-14;7-6-4-2-1-3-5-6/h1-10,12,15H,11H2;1-5H. The van der Waals surface area contributed by atoms with Gasteiger partial charge in [0.15, 0.2) is 5.78 Å². The Hall–Kier alpha value is -2.71. The second kappa shape index (κ2) is 10.2. The summed E-state index contributed by atoms with van der Waals surface area (Å²) in [7, 11) is 0. The van der Waals surface area contributed by atoms with Crippen LogP contribution in [0.25, 0.3) is 0 Å². The smallest absolute Gasteiger partial charge is 0.170 e. The molecular formula is C22H19ClO2. The van der Waals surface area contributed by atoms with Crippen molar-refractivity contribution in [1.29, 1.82) is 0 Å². The van der Waals surface area contributed by atoms with E-state index in [1.165, 1.54) is 0 Å². The summed E-state index contributed by atoms with van der Waals surface area (Å²) in [6, 6.07) is 28.0. The zero-order valence-electron chi connectivity index (χ0n) is 13.7. The summed E-state index contributed by atoms with van der Waals surface area (Å²) in [5.41, 5.74) is 1.53. The van der Waals surface area contributed by atoms with E-state index in [1.807, 2.05) is 78.9 Å². The molecule has 0 aromatic heterocycles. The Morgan fingerprint density at radius 1 is 0.800 bits per heavy atom. The summed E-state index contributed by atoms with van der Waals surface area (Å²) < 4.78 is 0. The third kappa shape index (κ3) is 6.02. The van der Waals surface area contributed by atoms with Crippen LogP contribution in [-0.2, 0) is 4.79 Å². The van der Waals surface area contributed by atoms with Gasteiger partial charge in [0.05, 0.1) is 5.92 Å². The van der Waals surface area contributed by atoms with Crippen molar-refractivity contribution in [3.63, 3.8) is 0 Å². The van der Waals surface area contributed by atoms with Crippen LogP contribution in [-0.4, -0.2) is 12.1 Å². The zero-order chi connectivity index (χ0) is 17.9. The Labute approximate surface area is 153 Å². The molecule has 0 saturated carbocycles. The molecule has 0 spiro atoms. The van der Waals surface area contributed by atoms with E-state index in [0.717, 1.165) is 16.9 Å². The van der Waals surface area contributed by atoms with Gasteiger partial charge in [-0.2, -0.15) is 0 Å². The first-order valence-corrected chi connectivity index (χ1v) is 8.38. The maximum atomic E-state index is 12.4. The predicted molar refractivity (Wildman–Crippen MR) is 102 cm³/mol. The SMILES string of the molecule is Clc1ccccc1.O=CCC(C(=O)c1ccccc1)c1ccccc1. The van der Waals surface area contributed by atoms with Crippen molar-refractivity contribution < 1.29 is 9.59 Å². The Kier molecular flexibility index (Phi) is 7.61. The van der Waals surface area contributed by atoms with Gasteiger partial charge in [-0.15, -0.1) is 0 Å². The van der Waals surface area contributed by atoms with Gasteiger partial charge in [0, 0.05) is 17.0 Å². The number of rotatable bonds is 5. The maximum Gasteiger partial charge on any atom is 0.170 e. The zero-order valence-corrected chi connectivity index (χ0v) is 14.5. The number of halogens is 1. The van der Waals surface area contributed by atoms with Gasteiger partial charge in [0.1, 0.15) is 6.29 Å². The summed E-state index contributed by atoms with van der Waals surface area (Å²) in [6.07, 6.45) is 1.02. The molecule has 0 bridgehead atoms. The number of ketones is 1. The normalized spacial score (nSPS) is 10.9. The second-order valence-corrected chi connectivity index (χ2v) is 5.83. The summed E-state index contributed by atoms with van der Waals surface area (Å²) in [5.74, 6) is -0.389. The quantitative estimate of drug-likeness (QED) is 0.444. The molecule has 25 heavy (non-hydrogen) atoms. The molecule has 1 unspecified atom stereocenters. The van der Waals surface area contributed by atoms with E-state index in [2.05, 4.69) is 0 Å². The number of Topliss-reactive ketones (excluding diaryl/α,β-unsaturated/α-hetero) is 1. The monoisotopic (exact) mass is 350 g/mol. The molecule has 3 aromatic carbocycles. The Bertz CT molecular complexity index is 771. The number of hydrogen-bond acceptors (Lipinski definition) is 2. The molecule has 0 aliphatic heterocycles. The van der Waals surface area contributed by atoms with Crippen molar-refractivity contribution in [3.8, 4) is 0 Å². The number of benzene rings is 3. The van der Waals surface area contributed by atoms with Crippen molar-refractivity contribution in [1.82, 2.24) is 0 Å². The fraction of sp³-hybridized carbons (Fsp3) is 0.0909. The Morgan fingerprint density at radius 3 is 1.72 bits per heavy atom. The lowest BCUT2D eigenvalue weighted by Crippen LogP contribution is -2.13. The van der Waals surface area contributed by atoms with Crippen LogP contribution in [0.2, 0.25) is 5.02 Å². The van der Waals surface area contributed by atoms with Crippen LogP contribution in [0.15, 0.2) is 91.0 Å². The van der Waals surface area contributed by atoms with Crippen LogP contribution in [0.5, 0.6) is 0 Å². The predicted octanol–water partition coefficient (Wildman–Crippen LogP) is 5.58. The van der Waals surface area contributed by atoms with Gasteiger partial charge in [-0.3, -0.25) is 4.79 Å². The van der Waals surface area contributed by atoms with Crippen LogP contribution in [0.1, 0.15) is 28.3 Å². The fourth-order valence-corrected chi connectivity index (χ4v) is 2.54. The molecule has 3 heteroatoms. The first kappa shape index (κ1) is 18.6. The first-order chi connectivity index (χ1) is 12.2. The lowest BCUT2D eigenvalue weighted by molar-refractivity contribution is -0.108. The molecular weight excluding hydrogens is 332 g/mol. The van der Waals surface area contributed by atoms with Gasteiger partial charge < -0.3 is 4.79 Å². The largest absolute Gasteiger partial charge is 0.303 e. The highest BCUT2D eigenvalue weighted by Crippen LogP contribution is 2.23. The molecule has 3 aromatic rings. The van der Waals surface area contributed by atoms with Gasteiger partial charge >= 0.3 is 0 Å². The summed E-state index contributed by atoms with van der Waals surface area (Å²) in [4.78, 5) is 23.1. The molecule has 126 valence electrons. The number of carbonyl (C=O) groups is 2. The fourth-order valence-electron chi connectivity index (χ4n) is 2.39. The first-order valence-electron chi connectivity index (χ1n) is 8.00. The van der Waals surface area contributed by atoms with E-state index in [1.54, 1.807) is 12.1 Å². The molecule has 2 nitrogen and oxygen atoms in total. The molecule has 0 aliphatic rings. The Morgan fingerprint density at radius 2 is 1.28 bits per heavy atom. The van der Waals surface area contributed by atoms with Gasteiger partial charge in [0.25, 0.3) is 0 Å². The van der Waals surface area contributed by atoms with Crippen LogP contribution in [0.4, 0.5) is 0 Å². The lowest BCUT2D eigenvalue weighted by atomic mass is 9.88. The van der Waals surface area contributed by atoms with E-state index in [-0.39, 0.29) is 18.1 Å². The Balaban J connectivity index is 0.000000269. The lowest BCUT2D eigenvalue weighted by Gasteiger charge is -2.13. The molecule has 0 aliphatic carbocycles. The molecule has 0 N–H and O–H groups in total. The van der Waals surface area contributed by atoms with Gasteiger partial charge in [-0.25, -0.2) is 0 Å². The van der Waals surface area contributed by atoms with Gasteiger partial charge in [-0.05, 0) is 17.7 Å². The number of hydrogen-bond donors (Lipinski definition) is 0. The van der Waals surface area contributed by atoms with E-state index in [4.69, 9.17) is 11.6 Å². The van der Waals surface area contributed by atoms with Crippen molar-refractivity contribution in [2.75, 3.05) is 0 Å². The minimum Gasteiger partial charge on any atom is -0.303 e. The highest BCUT2D eigenvalue weighted by Gasteiger charge is 2.21. The summed E-state index contributed by atoms with van der Waals surface area (Å²) in [6.45, 7) is 0. The second-order valence-electron chi connectivity index (χ2n) is 5.39. The average Bonchev–Trinajstić information content (AvgIpc) is 2.68. The highest BCUT2D eigenvalue weighted by molar-refractivity contribution is 6.30. The third-order valence-electron chi connectivity index (χ3n) is 3.64. The molecule has 0 amide bonds. The van der Waals surface area contributed by atoms with Crippen LogP contribution in [0, 0.1) is 0 Å². The molecule has 1 atom stereocenters. The van der Waals surface area contributed by atoms with Crippen LogP contribution >= 0.6 is 11.6 Å². The van der Waals surface area contributed by atoms with Gasteiger partial charge in [-0.1, -0.05) is 90.5 Å². The van der Waals surface area contributed by atoms with Crippen molar-refractivity contribution in [2.24, 2.45) is 0 Å². The number of aldehydes is 1. The number of carbonyl (C=O) groups excluding carboxylic acids is 2. The summed E-state index contributed by atoms with van der Waals surface area (Å²) >= 11 is 5.54. The van der Waals surface area contributed by atoms with E-state index >= 15 is 0 Å². The molecule has 3 rings (SSSR count). The van der Waals surface area contributed by atoms with E-state index in [9.17, 15) is 9.59 Å². The minimum absolute atomic E-state index is 0.00565. The third-order valence-corrected chi connectivity index (χ3v) is 3.89. The van der Waals surface area contributed by atoms with Crippen LogP contribution in [0.3, 0.4) is 0 Å². The highest BCUT2D eigenvalue weighted by atomic mass is 35.5. The van der Waals surface area contributed by atoms with Gasteiger partial charge in [0.2, 0.25) is 0 Å². The average molecular weight is 351 g/mol. The van der Waals surface area contributed by atoms with Crippen molar-refractivity contribution >= 4 is 23.7 Å². The van der Waals surface area contributed by atoms with Crippen LogP contribution < -0.4 is 0 Å². The van der Waals surface area contributed by atoms with Crippen molar-refractivity contribution in [2.45, 2.75) is 12.3 Å².